The van der Waals surface area contributed by atoms with Gasteiger partial charge in [0, 0.05) is 44.8 Å². The third-order valence-corrected chi connectivity index (χ3v) is 9.35. The summed E-state index contributed by atoms with van der Waals surface area (Å²) >= 11 is 7.85. The van der Waals surface area contributed by atoms with Crippen molar-refractivity contribution in [3.8, 4) is 0 Å². The molecule has 168 valence electrons. The standard InChI is InChI=1S/C22H23ClN4O3S2/c1-25(16-7-8-16)32(29,30)17-9-5-15(6-10-17)21(28)26-11-13-27(14-12-26)22-24-20-18(23)3-2-4-19(20)31-22/h2-6,9-10,16H,7-8,11-14H2,1H3. The minimum absolute atomic E-state index is 0.0866. The molecule has 10 heteroatoms. The van der Waals surface area contributed by atoms with E-state index < -0.39 is 10.0 Å². The van der Waals surface area contributed by atoms with Crippen LogP contribution in [0, 0.1) is 0 Å². The zero-order valence-corrected chi connectivity index (χ0v) is 20.0. The van der Waals surface area contributed by atoms with E-state index in [0.29, 0.717) is 36.8 Å². The Morgan fingerprint density at radius 1 is 1.09 bits per heavy atom. The SMILES string of the molecule is CN(C1CC1)S(=O)(=O)c1ccc(C(=O)N2CCN(c3nc4c(Cl)cccc4s3)CC2)cc1. The molecule has 0 unspecified atom stereocenters. The first-order valence-electron chi connectivity index (χ1n) is 10.5. The van der Waals surface area contributed by atoms with Gasteiger partial charge in [-0.25, -0.2) is 13.4 Å². The average Bonchev–Trinajstić information content (AvgIpc) is 3.56. The van der Waals surface area contributed by atoms with Gasteiger partial charge in [-0.05, 0) is 49.2 Å². The molecular formula is C22H23ClN4O3S2. The lowest BCUT2D eigenvalue weighted by Crippen LogP contribution is -2.48. The highest BCUT2D eigenvalue weighted by molar-refractivity contribution is 7.89. The van der Waals surface area contributed by atoms with E-state index in [1.165, 1.54) is 16.4 Å². The van der Waals surface area contributed by atoms with E-state index in [0.717, 1.165) is 28.2 Å². The third-order valence-electron chi connectivity index (χ3n) is 6.04. The van der Waals surface area contributed by atoms with Gasteiger partial charge in [0.05, 0.1) is 14.6 Å². The quantitative estimate of drug-likeness (QED) is 0.545. The van der Waals surface area contributed by atoms with Crippen LogP contribution in [0.3, 0.4) is 0 Å². The first-order valence-corrected chi connectivity index (χ1v) is 13.2. The summed E-state index contributed by atoms with van der Waals surface area (Å²) in [6.45, 7) is 2.52. The maximum absolute atomic E-state index is 13.0. The fraction of sp³-hybridized carbons (Fsp3) is 0.364. The lowest BCUT2D eigenvalue weighted by atomic mass is 10.2. The largest absolute Gasteiger partial charge is 0.345 e. The van der Waals surface area contributed by atoms with Gasteiger partial charge in [-0.3, -0.25) is 4.79 Å². The normalized spacial score (nSPS) is 17.3. The van der Waals surface area contributed by atoms with Crippen molar-refractivity contribution >= 4 is 54.2 Å². The van der Waals surface area contributed by atoms with Crippen LogP contribution in [0.1, 0.15) is 23.2 Å². The van der Waals surface area contributed by atoms with Crippen LogP contribution in [0.15, 0.2) is 47.4 Å². The van der Waals surface area contributed by atoms with E-state index in [1.54, 1.807) is 35.4 Å². The summed E-state index contributed by atoms with van der Waals surface area (Å²) in [6.07, 6.45) is 1.81. The molecule has 1 aromatic heterocycles. The van der Waals surface area contributed by atoms with Gasteiger partial charge in [-0.2, -0.15) is 4.31 Å². The van der Waals surface area contributed by atoms with Crippen molar-refractivity contribution in [1.82, 2.24) is 14.2 Å². The number of anilines is 1. The zero-order chi connectivity index (χ0) is 22.5. The van der Waals surface area contributed by atoms with E-state index in [-0.39, 0.29) is 16.8 Å². The molecular weight excluding hydrogens is 468 g/mol. The number of carbonyl (C=O) groups is 1. The molecule has 3 aromatic rings. The van der Waals surface area contributed by atoms with Crippen LogP contribution >= 0.6 is 22.9 Å². The molecule has 1 saturated carbocycles. The lowest BCUT2D eigenvalue weighted by Gasteiger charge is -2.34. The molecule has 1 saturated heterocycles. The third kappa shape index (κ3) is 3.98. The molecule has 1 aliphatic heterocycles. The molecule has 1 aliphatic carbocycles. The monoisotopic (exact) mass is 490 g/mol. The van der Waals surface area contributed by atoms with Crippen molar-refractivity contribution in [3.63, 3.8) is 0 Å². The van der Waals surface area contributed by atoms with Crippen molar-refractivity contribution in [2.45, 2.75) is 23.8 Å². The van der Waals surface area contributed by atoms with Gasteiger partial charge in [0.2, 0.25) is 10.0 Å². The molecule has 32 heavy (non-hydrogen) atoms. The molecule has 0 radical (unpaired) electrons. The second kappa shape index (κ2) is 8.30. The Bertz CT molecular complexity index is 1260. The molecule has 2 fully saturated rings. The number of aromatic nitrogens is 1. The van der Waals surface area contributed by atoms with Gasteiger partial charge in [-0.15, -0.1) is 0 Å². The molecule has 2 aromatic carbocycles. The van der Waals surface area contributed by atoms with Crippen LogP contribution in [0.2, 0.25) is 5.02 Å². The van der Waals surface area contributed by atoms with E-state index >= 15 is 0 Å². The summed E-state index contributed by atoms with van der Waals surface area (Å²) in [7, 11) is -1.89. The summed E-state index contributed by atoms with van der Waals surface area (Å²) in [5.74, 6) is -0.0866. The summed E-state index contributed by atoms with van der Waals surface area (Å²) in [5, 5.41) is 1.56. The predicted octanol–water partition coefficient (Wildman–Crippen LogP) is 3.70. The number of benzene rings is 2. The Morgan fingerprint density at radius 2 is 1.78 bits per heavy atom. The van der Waals surface area contributed by atoms with Crippen LogP contribution in [-0.2, 0) is 10.0 Å². The van der Waals surface area contributed by atoms with E-state index in [9.17, 15) is 13.2 Å². The molecule has 1 amide bonds. The maximum Gasteiger partial charge on any atom is 0.253 e. The van der Waals surface area contributed by atoms with Gasteiger partial charge in [0.1, 0.15) is 5.52 Å². The highest BCUT2D eigenvalue weighted by Gasteiger charge is 2.35. The number of thiazole rings is 1. The van der Waals surface area contributed by atoms with E-state index in [1.807, 2.05) is 18.2 Å². The fourth-order valence-corrected chi connectivity index (χ4v) is 6.62. The van der Waals surface area contributed by atoms with Crippen LogP contribution in [0.25, 0.3) is 10.2 Å². The van der Waals surface area contributed by atoms with Crippen molar-refractivity contribution < 1.29 is 13.2 Å². The summed E-state index contributed by atoms with van der Waals surface area (Å²) < 4.78 is 27.8. The van der Waals surface area contributed by atoms with Gasteiger partial charge in [0.25, 0.3) is 5.91 Å². The number of sulfonamides is 1. The Hall–Kier alpha value is -2.20. The lowest BCUT2D eigenvalue weighted by molar-refractivity contribution is 0.0746. The maximum atomic E-state index is 13.0. The number of hydrogen-bond acceptors (Lipinski definition) is 6. The first-order chi connectivity index (χ1) is 15.3. The van der Waals surface area contributed by atoms with E-state index in [2.05, 4.69) is 9.88 Å². The highest BCUT2D eigenvalue weighted by atomic mass is 35.5. The average molecular weight is 491 g/mol. The smallest absolute Gasteiger partial charge is 0.253 e. The summed E-state index contributed by atoms with van der Waals surface area (Å²) in [4.78, 5) is 21.8. The minimum Gasteiger partial charge on any atom is -0.345 e. The van der Waals surface area contributed by atoms with Crippen molar-refractivity contribution in [3.05, 3.63) is 53.1 Å². The highest BCUT2D eigenvalue weighted by Crippen LogP contribution is 2.33. The number of amides is 1. The summed E-state index contributed by atoms with van der Waals surface area (Å²) in [5.41, 5.74) is 1.31. The molecule has 2 aliphatic rings. The number of para-hydroxylation sites is 1. The Balaban J connectivity index is 1.24. The Labute approximate surface area is 196 Å². The molecule has 0 N–H and O–H groups in total. The molecule has 0 spiro atoms. The molecule has 7 nitrogen and oxygen atoms in total. The number of hydrogen-bond donors (Lipinski definition) is 0. The second-order valence-electron chi connectivity index (χ2n) is 8.14. The zero-order valence-electron chi connectivity index (χ0n) is 17.6. The number of fused-ring (bicyclic) bond motifs is 1. The topological polar surface area (TPSA) is 73.8 Å². The minimum atomic E-state index is -3.51. The number of carbonyl (C=O) groups excluding carboxylic acids is 1. The van der Waals surface area contributed by atoms with Crippen LogP contribution in [-0.4, -0.2) is 67.8 Å². The Kier molecular flexibility index (Phi) is 5.61. The van der Waals surface area contributed by atoms with Crippen LogP contribution in [0.5, 0.6) is 0 Å². The number of halogens is 1. The van der Waals surface area contributed by atoms with Crippen LogP contribution < -0.4 is 4.90 Å². The second-order valence-corrected chi connectivity index (χ2v) is 11.6. The number of piperazine rings is 1. The predicted molar refractivity (Wildman–Crippen MR) is 127 cm³/mol. The van der Waals surface area contributed by atoms with Gasteiger partial charge < -0.3 is 9.80 Å². The fourth-order valence-electron chi connectivity index (χ4n) is 3.89. The van der Waals surface area contributed by atoms with Crippen molar-refractivity contribution in [2.24, 2.45) is 0 Å². The van der Waals surface area contributed by atoms with Gasteiger partial charge in [-0.1, -0.05) is 29.0 Å². The number of nitrogens with zero attached hydrogens (tertiary/aromatic N) is 4. The molecule has 0 atom stereocenters. The molecule has 5 rings (SSSR count). The van der Waals surface area contributed by atoms with Crippen molar-refractivity contribution in [1.29, 1.82) is 0 Å². The number of rotatable bonds is 5. The van der Waals surface area contributed by atoms with E-state index in [4.69, 9.17) is 11.6 Å². The first kappa shape index (κ1) is 21.6. The Morgan fingerprint density at radius 3 is 2.41 bits per heavy atom. The van der Waals surface area contributed by atoms with Gasteiger partial charge >= 0.3 is 0 Å². The molecule has 2 heterocycles. The van der Waals surface area contributed by atoms with Crippen LogP contribution in [0.4, 0.5) is 5.13 Å². The van der Waals surface area contributed by atoms with Crippen molar-refractivity contribution in [2.75, 3.05) is 38.1 Å². The van der Waals surface area contributed by atoms with Gasteiger partial charge in [0.15, 0.2) is 5.13 Å². The summed E-state index contributed by atoms with van der Waals surface area (Å²) in [6, 6.07) is 12.1. The molecule has 0 bridgehead atoms.